The van der Waals surface area contributed by atoms with Crippen molar-refractivity contribution in [3.63, 3.8) is 0 Å². The van der Waals surface area contributed by atoms with Crippen LogP contribution in [0.15, 0.2) is 21.2 Å². The average molecular weight is 296 g/mol. The summed E-state index contributed by atoms with van der Waals surface area (Å²) >= 11 is 3.01. The Balaban J connectivity index is 2.81. The van der Waals surface area contributed by atoms with Gasteiger partial charge < -0.3 is 4.42 Å². The van der Waals surface area contributed by atoms with Crippen LogP contribution in [-0.2, 0) is 10.0 Å². The van der Waals surface area contributed by atoms with Crippen molar-refractivity contribution in [3.8, 4) is 0 Å². The number of rotatable bonds is 3. The van der Waals surface area contributed by atoms with Crippen LogP contribution in [0.2, 0.25) is 0 Å². The normalized spacial score (nSPS) is 11.7. The van der Waals surface area contributed by atoms with Gasteiger partial charge in [-0.2, -0.15) is 0 Å². The molecule has 1 aromatic heterocycles. The van der Waals surface area contributed by atoms with Gasteiger partial charge >= 0.3 is 0 Å². The second-order valence-electron chi connectivity index (χ2n) is 3.13. The third kappa shape index (κ3) is 3.07. The first-order valence-electron chi connectivity index (χ1n) is 4.14. The average Bonchev–Trinajstić information content (AvgIpc) is 2.50. The number of halogens is 1. The number of nitrogens with one attached hydrogen (secondary N) is 1. The van der Waals surface area contributed by atoms with Crippen molar-refractivity contribution in [1.29, 1.82) is 0 Å². The molecule has 1 rings (SSSR count). The van der Waals surface area contributed by atoms with Gasteiger partial charge in [-0.1, -0.05) is 0 Å². The highest BCUT2D eigenvalue weighted by molar-refractivity contribution is 9.10. The van der Waals surface area contributed by atoms with E-state index in [1.54, 1.807) is 0 Å². The molecule has 0 bridgehead atoms. The lowest BCUT2D eigenvalue weighted by Gasteiger charge is -2.07. The molecule has 15 heavy (non-hydrogen) atoms. The van der Waals surface area contributed by atoms with E-state index in [4.69, 9.17) is 4.42 Å². The molecule has 0 saturated carbocycles. The molecule has 0 aliphatic carbocycles. The van der Waals surface area contributed by atoms with Crippen molar-refractivity contribution in [2.24, 2.45) is 0 Å². The summed E-state index contributed by atoms with van der Waals surface area (Å²) in [6.07, 6.45) is 0. The van der Waals surface area contributed by atoms with Crippen LogP contribution in [-0.4, -0.2) is 19.6 Å². The molecule has 0 atom stereocenters. The number of carbonyl (C=O) groups excluding carboxylic acids is 1. The van der Waals surface area contributed by atoms with Crippen LogP contribution in [0, 0.1) is 0 Å². The summed E-state index contributed by atoms with van der Waals surface area (Å²) in [5, 5.41) is -0.667. The summed E-state index contributed by atoms with van der Waals surface area (Å²) in [4.78, 5) is 11.4. The molecule has 0 saturated heterocycles. The Morgan fingerprint density at radius 2 is 2.07 bits per heavy atom. The van der Waals surface area contributed by atoms with E-state index in [1.165, 1.54) is 26.0 Å². The van der Waals surface area contributed by atoms with E-state index >= 15 is 0 Å². The topological polar surface area (TPSA) is 76.4 Å². The summed E-state index contributed by atoms with van der Waals surface area (Å²) in [7, 11) is -3.61. The van der Waals surface area contributed by atoms with E-state index in [-0.39, 0.29) is 5.76 Å². The Morgan fingerprint density at radius 1 is 1.47 bits per heavy atom. The summed E-state index contributed by atoms with van der Waals surface area (Å²) in [6.45, 7) is 2.96. The zero-order chi connectivity index (χ0) is 11.6. The molecule has 0 radical (unpaired) electrons. The third-order valence-electron chi connectivity index (χ3n) is 1.65. The van der Waals surface area contributed by atoms with Crippen LogP contribution < -0.4 is 4.72 Å². The number of amides is 1. The maximum absolute atomic E-state index is 11.4. The standard InChI is InChI=1S/C8H10BrNO4S/c1-5(2)15(12,13)10-8(11)6-3-4-7(9)14-6/h3-5H,1-2H3,(H,10,11). The van der Waals surface area contributed by atoms with Gasteiger partial charge in [0.25, 0.3) is 5.91 Å². The number of hydrogen-bond acceptors (Lipinski definition) is 4. The number of carbonyl (C=O) groups is 1. The highest BCUT2D eigenvalue weighted by Gasteiger charge is 2.21. The molecule has 1 N–H and O–H groups in total. The van der Waals surface area contributed by atoms with Crippen molar-refractivity contribution >= 4 is 31.9 Å². The lowest BCUT2D eigenvalue weighted by atomic mass is 10.4. The molecule has 5 nitrogen and oxygen atoms in total. The zero-order valence-electron chi connectivity index (χ0n) is 8.15. The van der Waals surface area contributed by atoms with Crippen LogP contribution in [0.25, 0.3) is 0 Å². The monoisotopic (exact) mass is 295 g/mol. The molecule has 0 aliphatic heterocycles. The van der Waals surface area contributed by atoms with Crippen LogP contribution in [0.1, 0.15) is 24.4 Å². The largest absolute Gasteiger partial charge is 0.444 e. The number of hydrogen-bond donors (Lipinski definition) is 1. The van der Waals surface area contributed by atoms with Gasteiger partial charge in [-0.25, -0.2) is 13.1 Å². The van der Waals surface area contributed by atoms with Gasteiger partial charge in [0.05, 0.1) is 5.25 Å². The van der Waals surface area contributed by atoms with Gasteiger partial charge in [0.15, 0.2) is 10.4 Å². The van der Waals surface area contributed by atoms with E-state index in [9.17, 15) is 13.2 Å². The first-order chi connectivity index (χ1) is 6.83. The molecule has 0 aromatic carbocycles. The van der Waals surface area contributed by atoms with Crippen LogP contribution in [0.4, 0.5) is 0 Å². The molecular formula is C8H10BrNO4S. The predicted molar refractivity (Wildman–Crippen MR) is 57.9 cm³/mol. The Hall–Kier alpha value is -0.820. The smallest absolute Gasteiger partial charge is 0.300 e. The van der Waals surface area contributed by atoms with Crippen molar-refractivity contribution < 1.29 is 17.6 Å². The fourth-order valence-electron chi connectivity index (χ4n) is 0.734. The molecule has 0 fully saturated rings. The van der Waals surface area contributed by atoms with Crippen molar-refractivity contribution in [1.82, 2.24) is 4.72 Å². The first kappa shape index (κ1) is 12.3. The quantitative estimate of drug-likeness (QED) is 0.917. The van der Waals surface area contributed by atoms with Gasteiger partial charge in [-0.3, -0.25) is 4.79 Å². The molecule has 0 spiro atoms. The van der Waals surface area contributed by atoms with Gasteiger partial charge in [0.1, 0.15) is 0 Å². The predicted octanol–water partition coefficient (Wildman–Crippen LogP) is 1.51. The Morgan fingerprint density at radius 3 is 2.47 bits per heavy atom. The SMILES string of the molecule is CC(C)S(=O)(=O)NC(=O)c1ccc(Br)o1. The highest BCUT2D eigenvalue weighted by atomic mass is 79.9. The maximum Gasteiger partial charge on any atom is 0.300 e. The fourth-order valence-corrected chi connectivity index (χ4v) is 1.63. The minimum absolute atomic E-state index is 0.0499. The lowest BCUT2D eigenvalue weighted by Crippen LogP contribution is -2.35. The maximum atomic E-state index is 11.4. The van der Waals surface area contributed by atoms with Gasteiger partial charge in [0.2, 0.25) is 10.0 Å². The lowest BCUT2D eigenvalue weighted by molar-refractivity contribution is 0.0953. The molecule has 0 unspecified atom stereocenters. The molecule has 1 heterocycles. The van der Waals surface area contributed by atoms with E-state index in [1.807, 2.05) is 4.72 Å². The number of sulfonamides is 1. The molecule has 0 aliphatic rings. The van der Waals surface area contributed by atoms with E-state index < -0.39 is 21.2 Å². The summed E-state index contributed by atoms with van der Waals surface area (Å²) in [5.41, 5.74) is 0. The molecule has 7 heteroatoms. The van der Waals surface area contributed by atoms with Gasteiger partial charge in [-0.15, -0.1) is 0 Å². The highest BCUT2D eigenvalue weighted by Crippen LogP contribution is 2.14. The van der Waals surface area contributed by atoms with Gasteiger partial charge in [-0.05, 0) is 41.9 Å². The molecular weight excluding hydrogens is 286 g/mol. The van der Waals surface area contributed by atoms with Crippen LogP contribution >= 0.6 is 15.9 Å². The second-order valence-corrected chi connectivity index (χ2v) is 6.15. The second kappa shape index (κ2) is 4.36. The minimum atomic E-state index is -3.61. The third-order valence-corrected chi connectivity index (χ3v) is 3.79. The van der Waals surface area contributed by atoms with Gasteiger partial charge in [0, 0.05) is 0 Å². The summed E-state index contributed by atoms with van der Waals surface area (Å²) in [6, 6.07) is 2.90. The number of furan rings is 1. The summed E-state index contributed by atoms with van der Waals surface area (Å²) < 4.78 is 29.9. The summed E-state index contributed by atoms with van der Waals surface area (Å²) in [5.74, 6) is -0.819. The van der Waals surface area contributed by atoms with Crippen molar-refractivity contribution in [2.45, 2.75) is 19.1 Å². The van der Waals surface area contributed by atoms with Crippen LogP contribution in [0.5, 0.6) is 0 Å². The molecule has 84 valence electrons. The van der Waals surface area contributed by atoms with E-state index in [0.29, 0.717) is 4.67 Å². The first-order valence-corrected chi connectivity index (χ1v) is 6.48. The minimum Gasteiger partial charge on any atom is -0.444 e. The van der Waals surface area contributed by atoms with Crippen molar-refractivity contribution in [3.05, 3.63) is 22.6 Å². The Labute approximate surface area is 96.0 Å². The Bertz CT molecular complexity index is 463. The van der Waals surface area contributed by atoms with E-state index in [0.717, 1.165) is 0 Å². The van der Waals surface area contributed by atoms with E-state index in [2.05, 4.69) is 15.9 Å². The zero-order valence-corrected chi connectivity index (χ0v) is 10.6. The molecule has 1 aromatic rings. The van der Waals surface area contributed by atoms with Crippen molar-refractivity contribution in [2.75, 3.05) is 0 Å². The fraction of sp³-hybridized carbons (Fsp3) is 0.375. The van der Waals surface area contributed by atoms with Crippen LogP contribution in [0.3, 0.4) is 0 Å². The Kier molecular flexibility index (Phi) is 3.56. The molecule has 1 amide bonds.